The molecule has 0 aromatic heterocycles. The van der Waals surface area contributed by atoms with E-state index < -0.39 is 0 Å². The maximum atomic E-state index is 11.7. The van der Waals surface area contributed by atoms with Gasteiger partial charge in [0, 0.05) is 33.4 Å². The van der Waals surface area contributed by atoms with E-state index in [0.29, 0.717) is 16.8 Å². The molecule has 0 unspecified atom stereocenters. The van der Waals surface area contributed by atoms with E-state index in [-0.39, 0.29) is 0 Å². The predicted molar refractivity (Wildman–Crippen MR) is 211 cm³/mol. The number of aliphatic imine (C=N–C) groups is 4. The fourth-order valence-electron chi connectivity index (χ4n) is 6.92. The van der Waals surface area contributed by atoms with Crippen molar-refractivity contribution in [2.75, 3.05) is 0 Å². The molecule has 0 saturated heterocycles. The summed E-state index contributed by atoms with van der Waals surface area (Å²) in [5.41, 5.74) is 14.6. The Morgan fingerprint density at radius 1 is 0.404 bits per heavy atom. The van der Waals surface area contributed by atoms with Crippen LogP contribution in [0.4, 0.5) is 0 Å². The number of hydrogen-bond acceptors (Lipinski definition) is 6. The fraction of sp³-hybridized carbons (Fsp3) is 0. The second-order valence-corrected chi connectivity index (χ2v) is 12.6. The van der Waals surface area contributed by atoms with Crippen LogP contribution in [-0.4, -0.2) is 35.4 Å². The van der Waals surface area contributed by atoms with Crippen LogP contribution in [0.15, 0.2) is 201 Å². The zero-order valence-corrected chi connectivity index (χ0v) is 27.8. The smallest absolute Gasteiger partial charge is 0.150 e. The molecule has 0 aliphatic carbocycles. The third kappa shape index (κ3) is 5.58. The summed E-state index contributed by atoms with van der Waals surface area (Å²) < 4.78 is 0. The monoisotopic (exact) mass is 668 g/mol. The summed E-state index contributed by atoms with van der Waals surface area (Å²) in [4.78, 5) is 44.2. The van der Waals surface area contributed by atoms with E-state index in [1.165, 1.54) is 0 Å². The summed E-state index contributed by atoms with van der Waals surface area (Å²) >= 11 is 0. The first-order valence-electron chi connectivity index (χ1n) is 16.9. The Morgan fingerprint density at radius 3 is 1.52 bits per heavy atom. The Bertz CT molecular complexity index is 2580. The molecule has 0 atom stereocenters. The molecule has 0 spiro atoms. The van der Waals surface area contributed by atoms with Crippen molar-refractivity contribution in [2.45, 2.75) is 0 Å². The summed E-state index contributed by atoms with van der Waals surface area (Å²) in [5, 5.41) is 0. The van der Waals surface area contributed by atoms with Gasteiger partial charge in [-0.2, -0.15) is 0 Å². The van der Waals surface area contributed by atoms with Crippen molar-refractivity contribution in [3.63, 3.8) is 0 Å². The topological polar surface area (TPSA) is 83.6 Å². The lowest BCUT2D eigenvalue weighted by Crippen LogP contribution is -2.06. The molecule has 0 amide bonds. The van der Waals surface area contributed by atoms with Gasteiger partial charge in [0.05, 0.1) is 45.6 Å². The Labute approximate surface area is 300 Å². The number of aldehydes is 2. The highest BCUT2D eigenvalue weighted by atomic mass is 16.1. The summed E-state index contributed by atoms with van der Waals surface area (Å²) in [6, 6.07) is 35.4. The van der Waals surface area contributed by atoms with Crippen LogP contribution >= 0.6 is 0 Å². The van der Waals surface area contributed by atoms with Crippen molar-refractivity contribution in [1.29, 1.82) is 0 Å². The van der Waals surface area contributed by atoms with Gasteiger partial charge in [-0.05, 0) is 70.9 Å². The Hall–Kier alpha value is -7.18. The maximum absolute atomic E-state index is 11.7. The van der Waals surface area contributed by atoms with Crippen LogP contribution < -0.4 is 0 Å². The maximum Gasteiger partial charge on any atom is 0.150 e. The fourth-order valence-corrected chi connectivity index (χ4v) is 6.92. The van der Waals surface area contributed by atoms with E-state index in [4.69, 9.17) is 20.0 Å². The van der Waals surface area contributed by atoms with E-state index in [0.717, 1.165) is 97.1 Å². The van der Waals surface area contributed by atoms with Gasteiger partial charge in [-0.3, -0.25) is 9.59 Å². The van der Waals surface area contributed by atoms with Crippen LogP contribution in [0.25, 0.3) is 22.3 Å². The van der Waals surface area contributed by atoms with Crippen LogP contribution in [0.1, 0.15) is 43.0 Å². The molecule has 4 aromatic rings. The molecule has 9 rings (SSSR count). The molecule has 8 bridgehead atoms. The summed E-state index contributed by atoms with van der Waals surface area (Å²) in [5.74, 6) is 0. The largest absolute Gasteiger partial charge is 0.298 e. The summed E-state index contributed by atoms with van der Waals surface area (Å²) in [6.07, 6.45) is 17.8. The molecule has 4 aromatic carbocycles. The normalized spacial score (nSPS) is 17.2. The average molecular weight is 669 g/mol. The van der Waals surface area contributed by atoms with Gasteiger partial charge in [0.15, 0.2) is 0 Å². The Kier molecular flexibility index (Phi) is 7.67. The van der Waals surface area contributed by atoms with Gasteiger partial charge in [-0.1, -0.05) is 109 Å². The highest BCUT2D eigenvalue weighted by Crippen LogP contribution is 2.45. The standard InChI is InChI=1S/C46H28N4O2/c51-27-29-11-15-33(16-12-29)43-41-26-37-21-23-39(49-37)42(31-7-3-1-4-8-31)38-22-19-35(47-38)25-36-20-24-40(48-36)44(32-9-5-2-6-10-32)46(50-41)45(43)34-17-13-30(28-52)14-18-34/h1-28H. The second-order valence-electron chi connectivity index (χ2n) is 12.6. The molecule has 6 nitrogen and oxygen atoms in total. The first-order valence-corrected chi connectivity index (χ1v) is 16.9. The average Bonchev–Trinajstić information content (AvgIpc) is 4.02. The van der Waals surface area contributed by atoms with Gasteiger partial charge in [0.1, 0.15) is 12.6 Å². The van der Waals surface area contributed by atoms with Crippen LogP contribution in [0.5, 0.6) is 0 Å². The molecule has 244 valence electrons. The van der Waals surface area contributed by atoms with E-state index in [9.17, 15) is 9.59 Å². The van der Waals surface area contributed by atoms with Gasteiger partial charge in [-0.25, -0.2) is 20.0 Å². The van der Waals surface area contributed by atoms with Crippen molar-refractivity contribution >= 4 is 57.7 Å². The van der Waals surface area contributed by atoms with Crippen molar-refractivity contribution in [3.8, 4) is 0 Å². The minimum Gasteiger partial charge on any atom is -0.298 e. The second kappa shape index (κ2) is 12.9. The lowest BCUT2D eigenvalue weighted by atomic mass is 9.86. The third-order valence-corrected chi connectivity index (χ3v) is 9.34. The van der Waals surface area contributed by atoms with Gasteiger partial charge >= 0.3 is 0 Å². The zero-order valence-electron chi connectivity index (χ0n) is 27.8. The van der Waals surface area contributed by atoms with E-state index in [1.54, 1.807) is 0 Å². The SMILES string of the molecule is O=Cc1ccc(C2=C(c3ccc(C=O)cc3)C3=NC2=CC2=NC(=C(c4ccccc4)C4=NC(=CC5=NC(=C3c3ccccc3)C=C5)C=C4)C=C2)cc1. The van der Waals surface area contributed by atoms with Gasteiger partial charge in [0.2, 0.25) is 0 Å². The third-order valence-electron chi connectivity index (χ3n) is 9.34. The van der Waals surface area contributed by atoms with Gasteiger partial charge in [-0.15, -0.1) is 0 Å². The molecule has 0 fully saturated rings. The minimum atomic E-state index is 0.576. The molecular weight excluding hydrogens is 641 g/mol. The number of rotatable bonds is 6. The van der Waals surface area contributed by atoms with Gasteiger partial charge in [0.25, 0.3) is 0 Å². The van der Waals surface area contributed by atoms with E-state index >= 15 is 0 Å². The number of benzene rings is 4. The highest BCUT2D eigenvalue weighted by Gasteiger charge is 2.32. The number of allylic oxidation sites excluding steroid dienone is 12. The van der Waals surface area contributed by atoms with E-state index in [1.807, 2.05) is 134 Å². The Balaban J connectivity index is 1.37. The minimum absolute atomic E-state index is 0.576. The van der Waals surface area contributed by atoms with Crippen molar-refractivity contribution in [3.05, 3.63) is 214 Å². The predicted octanol–water partition coefficient (Wildman–Crippen LogP) is 9.31. The summed E-state index contributed by atoms with van der Waals surface area (Å²) in [7, 11) is 0. The molecule has 5 aliphatic heterocycles. The number of carbonyl (C=O) groups excluding carboxylic acids is 2. The zero-order chi connectivity index (χ0) is 35.0. The highest BCUT2D eigenvalue weighted by molar-refractivity contribution is 6.52. The van der Waals surface area contributed by atoms with Gasteiger partial charge < -0.3 is 0 Å². The molecule has 0 saturated carbocycles. The molecule has 5 aliphatic rings. The quantitative estimate of drug-likeness (QED) is 0.192. The van der Waals surface area contributed by atoms with Crippen LogP contribution in [-0.2, 0) is 0 Å². The molecule has 0 radical (unpaired) electrons. The number of hydrogen-bond donors (Lipinski definition) is 0. The number of carbonyl (C=O) groups is 2. The molecule has 52 heavy (non-hydrogen) atoms. The van der Waals surface area contributed by atoms with Crippen LogP contribution in [0.3, 0.4) is 0 Å². The molecule has 6 heteroatoms. The van der Waals surface area contributed by atoms with E-state index in [2.05, 4.69) is 24.3 Å². The number of nitrogens with zero attached hydrogens (tertiary/aromatic N) is 4. The first-order chi connectivity index (χ1) is 25.6. The molecular formula is C46H28N4O2. The van der Waals surface area contributed by atoms with Crippen molar-refractivity contribution in [1.82, 2.24) is 0 Å². The molecule has 0 N–H and O–H groups in total. The van der Waals surface area contributed by atoms with Crippen molar-refractivity contribution in [2.24, 2.45) is 20.0 Å². The first kappa shape index (κ1) is 30.8. The molecule has 5 heterocycles. The van der Waals surface area contributed by atoms with Crippen LogP contribution in [0, 0.1) is 0 Å². The lowest BCUT2D eigenvalue weighted by molar-refractivity contribution is 0.111. The van der Waals surface area contributed by atoms with Crippen molar-refractivity contribution < 1.29 is 9.59 Å². The number of fused-ring (bicyclic) bond motifs is 4. The Morgan fingerprint density at radius 2 is 0.923 bits per heavy atom. The summed E-state index contributed by atoms with van der Waals surface area (Å²) in [6.45, 7) is 0. The lowest BCUT2D eigenvalue weighted by Gasteiger charge is -2.16. The van der Waals surface area contributed by atoms with Crippen LogP contribution in [0.2, 0.25) is 0 Å².